The molecule has 2 amide bonds. The number of phosphoric ester groups is 2. The van der Waals surface area contributed by atoms with Crippen molar-refractivity contribution in [3.05, 3.63) is 59.7 Å². The monoisotopic (exact) mass is 688 g/mol. The molecule has 0 N–H and O–H groups in total. The smallest absolute Gasteiger partial charge is 0.486 e. The van der Waals surface area contributed by atoms with Crippen molar-refractivity contribution in [2.45, 2.75) is 36.9 Å². The molecular weight excluding hydrogens is 663 g/mol. The number of amides is 2. The zero-order valence-corrected chi connectivity index (χ0v) is 25.7. The number of nitrogens with zero attached hydrogens (tertiary/aromatic N) is 4. The fraction of sp³-hybridized carbons (Fsp3) is 0.462. The highest BCUT2D eigenvalue weighted by Crippen LogP contribution is 2.84. The first-order valence-electron chi connectivity index (χ1n) is 14.1. The average Bonchev–Trinajstić information content (AvgIpc) is 2.99. The fourth-order valence-electron chi connectivity index (χ4n) is 6.44. The maximum absolute atomic E-state index is 14.0. The lowest BCUT2D eigenvalue weighted by Gasteiger charge is -2.71. The summed E-state index contributed by atoms with van der Waals surface area (Å²) in [4.78, 5) is 33.2. The van der Waals surface area contributed by atoms with Gasteiger partial charge in [-0.3, -0.25) is 19.4 Å². The number of alkyl halides is 3. The Morgan fingerprint density at radius 2 is 1.46 bits per heavy atom. The molecule has 2 aromatic carbocycles. The molecule has 0 radical (unpaired) electrons. The molecule has 8 aliphatic heterocycles. The molecule has 0 aromatic heterocycles. The van der Waals surface area contributed by atoms with Gasteiger partial charge >= 0.3 is 45.5 Å². The lowest BCUT2D eigenvalue weighted by atomic mass is 10.1. The molecule has 15 nitrogen and oxygen atoms in total. The van der Waals surface area contributed by atoms with E-state index in [9.17, 15) is 31.9 Å². The minimum atomic E-state index is -4.47. The van der Waals surface area contributed by atoms with Gasteiger partial charge in [-0.1, -0.05) is 18.2 Å². The van der Waals surface area contributed by atoms with Crippen molar-refractivity contribution in [3.8, 4) is 5.75 Å². The Hall–Kier alpha value is -2.89. The largest absolute Gasteiger partial charge is 0.497 e. The first-order valence-corrected chi connectivity index (χ1v) is 17.0. The summed E-state index contributed by atoms with van der Waals surface area (Å²) in [5.74, 6) is -9.01. The molecule has 5 bridgehead atoms. The third kappa shape index (κ3) is 4.36. The molecule has 8 heterocycles. The molecule has 1 spiro atoms. The summed E-state index contributed by atoms with van der Waals surface area (Å²) < 4.78 is 104. The number of anilines is 1. The Morgan fingerprint density at radius 1 is 0.848 bits per heavy atom. The number of benzene rings is 2. The van der Waals surface area contributed by atoms with Gasteiger partial charge < -0.3 is 9.64 Å². The van der Waals surface area contributed by atoms with Gasteiger partial charge in [-0.15, -0.1) is 4.90 Å². The number of halogens is 3. The van der Waals surface area contributed by atoms with Crippen LogP contribution in [0.2, 0.25) is 0 Å². The number of imide groups is 1. The van der Waals surface area contributed by atoms with Crippen molar-refractivity contribution in [1.29, 1.82) is 0 Å². The molecule has 2 atom stereocenters. The summed E-state index contributed by atoms with van der Waals surface area (Å²) in [6.07, 6.45) is -4.60. The maximum Gasteiger partial charge on any atom is 0.486 e. The maximum atomic E-state index is 14.0. The van der Waals surface area contributed by atoms with Crippen molar-refractivity contribution in [1.82, 2.24) is 14.7 Å². The first kappa shape index (κ1) is 30.4. The number of piperazine rings is 2. The molecule has 2 aromatic rings. The normalized spacial score (nSPS) is 38.1. The van der Waals surface area contributed by atoms with E-state index < -0.39 is 56.9 Å². The van der Waals surface area contributed by atoms with Crippen LogP contribution in [0.25, 0.3) is 0 Å². The van der Waals surface area contributed by atoms with Gasteiger partial charge in [0.15, 0.2) is 0 Å². The van der Waals surface area contributed by atoms with Crippen molar-refractivity contribution in [2.24, 2.45) is 0 Å². The number of phosphoric acid groups is 2. The lowest BCUT2D eigenvalue weighted by molar-refractivity contribution is -0.528. The highest BCUT2D eigenvalue weighted by Gasteiger charge is 2.93. The molecule has 46 heavy (non-hydrogen) atoms. The van der Waals surface area contributed by atoms with Gasteiger partial charge in [0.2, 0.25) is 0 Å². The van der Waals surface area contributed by atoms with E-state index in [1.807, 2.05) is 9.80 Å². The summed E-state index contributed by atoms with van der Waals surface area (Å²) >= 11 is 0. The van der Waals surface area contributed by atoms with Crippen LogP contribution in [0.1, 0.15) is 17.5 Å². The SMILES string of the molecule is COc1cccc(CN2C(=O)C34OP5(=O)OC(CCN6CCN(c7cccc(C(F)(F)F)c7)CC6)(O5)N3C3(OP(=O)(O4)O3)C2=O)c1. The van der Waals surface area contributed by atoms with E-state index in [4.69, 9.17) is 31.9 Å². The highest BCUT2D eigenvalue weighted by molar-refractivity contribution is 7.51. The average molecular weight is 688 g/mol. The zero-order valence-electron chi connectivity index (χ0n) is 23.9. The van der Waals surface area contributed by atoms with E-state index in [0.29, 0.717) is 43.2 Å². The van der Waals surface area contributed by atoms with Crippen LogP contribution in [-0.2, 0) is 58.6 Å². The van der Waals surface area contributed by atoms with Crippen LogP contribution in [0.15, 0.2) is 48.5 Å². The molecule has 2 unspecified atom stereocenters. The molecule has 0 aliphatic carbocycles. The van der Waals surface area contributed by atoms with E-state index in [2.05, 4.69) is 0 Å². The fourth-order valence-corrected chi connectivity index (χ4v) is 9.64. The molecule has 20 heteroatoms. The van der Waals surface area contributed by atoms with E-state index >= 15 is 0 Å². The number of ether oxygens (including phenoxy) is 1. The summed E-state index contributed by atoms with van der Waals surface area (Å²) in [5.41, 5.74) is 0.165. The number of rotatable bonds is 7. The van der Waals surface area contributed by atoms with Gasteiger partial charge in [0, 0.05) is 44.8 Å². The molecule has 246 valence electrons. The van der Waals surface area contributed by atoms with Crippen LogP contribution in [-0.4, -0.2) is 84.1 Å². The summed E-state index contributed by atoms with van der Waals surface area (Å²) in [6, 6.07) is 11.6. The van der Waals surface area contributed by atoms with Crippen LogP contribution >= 0.6 is 15.6 Å². The van der Waals surface area contributed by atoms with Crippen LogP contribution in [0, 0.1) is 0 Å². The molecule has 8 aliphatic rings. The van der Waals surface area contributed by atoms with Crippen LogP contribution in [0.3, 0.4) is 0 Å². The van der Waals surface area contributed by atoms with Crippen LogP contribution in [0.4, 0.5) is 18.9 Å². The Labute approximate surface area is 258 Å². The predicted octanol–water partition coefficient (Wildman–Crippen LogP) is 3.43. The highest BCUT2D eigenvalue weighted by atomic mass is 31.2. The number of hydrogen-bond donors (Lipinski definition) is 0. The zero-order chi connectivity index (χ0) is 32.3. The van der Waals surface area contributed by atoms with E-state index in [1.165, 1.54) is 13.2 Å². The van der Waals surface area contributed by atoms with Crippen molar-refractivity contribution in [2.75, 3.05) is 44.7 Å². The quantitative estimate of drug-likeness (QED) is 0.309. The number of methoxy groups -OCH3 is 1. The minimum absolute atomic E-state index is 0.135. The Balaban J connectivity index is 1.03. The second-order valence-corrected chi connectivity index (χ2v) is 14.2. The van der Waals surface area contributed by atoms with Gasteiger partial charge in [-0.25, -0.2) is 36.3 Å². The summed E-state index contributed by atoms with van der Waals surface area (Å²) in [6.45, 7) is 1.49. The Morgan fingerprint density at radius 3 is 2.07 bits per heavy atom. The third-order valence-electron chi connectivity index (χ3n) is 8.54. The van der Waals surface area contributed by atoms with Crippen LogP contribution < -0.4 is 9.64 Å². The summed E-state index contributed by atoms with van der Waals surface area (Å²) in [5, 5.41) is 0. The van der Waals surface area contributed by atoms with E-state index in [0.717, 1.165) is 21.9 Å². The van der Waals surface area contributed by atoms with Gasteiger partial charge in [-0.05, 0) is 35.9 Å². The molecule has 10 rings (SSSR count). The third-order valence-corrected chi connectivity index (χ3v) is 11.4. The van der Waals surface area contributed by atoms with Gasteiger partial charge in [0.05, 0.1) is 19.2 Å². The molecule has 0 saturated carbocycles. The summed E-state index contributed by atoms with van der Waals surface area (Å²) in [7, 11) is -7.43. The van der Waals surface area contributed by atoms with Gasteiger partial charge in [-0.2, -0.15) is 13.2 Å². The van der Waals surface area contributed by atoms with Crippen molar-refractivity contribution >= 4 is 33.1 Å². The van der Waals surface area contributed by atoms with Gasteiger partial charge in [0.1, 0.15) is 5.75 Å². The van der Waals surface area contributed by atoms with Crippen molar-refractivity contribution in [3.63, 3.8) is 0 Å². The lowest BCUT2D eigenvalue weighted by Crippen LogP contribution is -2.92. The first-order chi connectivity index (χ1) is 21.7. The molecule has 8 saturated heterocycles. The van der Waals surface area contributed by atoms with E-state index in [1.54, 1.807) is 30.3 Å². The molecular formula is C26H25F3N4O11P2. The minimum Gasteiger partial charge on any atom is -0.497 e. The number of carbonyl (C=O) groups is 2. The van der Waals surface area contributed by atoms with Crippen molar-refractivity contribution < 1.29 is 63.8 Å². The number of carbonyl (C=O) groups excluding carboxylic acids is 2. The standard InChI is InChI=1S/C26H25F3N4O11P2/c1-38-20-7-2-4-17(14-20)16-32-21(34)25-33(26(22(32)35)43-46(37,42-25)44-26)23(39-45(36,40-23)41-25)8-9-30-10-12-31(13-11-30)19-6-3-5-18(15-19)24(27,28)29/h2-7,14-15H,8-13,16H2,1H3. The Kier molecular flexibility index (Phi) is 6.50. The second kappa shape index (κ2) is 9.82. The topological polar surface area (TPSA) is 146 Å². The van der Waals surface area contributed by atoms with E-state index in [-0.39, 0.29) is 19.5 Å². The second-order valence-electron chi connectivity index (χ2n) is 11.3. The molecule has 8 fully saturated rings. The van der Waals surface area contributed by atoms with Gasteiger partial charge in [0.25, 0.3) is 5.91 Å². The predicted molar refractivity (Wildman–Crippen MR) is 145 cm³/mol. The van der Waals surface area contributed by atoms with Crippen LogP contribution in [0.5, 0.6) is 5.75 Å². The number of hydrogen-bond acceptors (Lipinski definition) is 14. The Bertz CT molecular complexity index is 1730.